The average molecular weight is 479 g/mol. The van der Waals surface area contributed by atoms with Crippen LogP contribution >= 0.6 is 0 Å². The van der Waals surface area contributed by atoms with Crippen molar-refractivity contribution in [3.05, 3.63) is 44.8 Å². The molecule has 9 heteroatoms. The number of H-pyrrole nitrogens is 1. The molecule has 2 N–H and O–H groups in total. The summed E-state index contributed by atoms with van der Waals surface area (Å²) in [6.45, 7) is 16.8. The molecule has 33 heavy (non-hydrogen) atoms. The fourth-order valence-electron chi connectivity index (χ4n) is 2.89. The van der Waals surface area contributed by atoms with E-state index in [1.54, 1.807) is 19.9 Å². The van der Waals surface area contributed by atoms with Gasteiger partial charge in [0.15, 0.2) is 14.6 Å². The van der Waals surface area contributed by atoms with E-state index < -0.39 is 43.6 Å². The Hall–Kier alpha value is -1.96. The van der Waals surface area contributed by atoms with Crippen molar-refractivity contribution in [1.82, 2.24) is 9.55 Å². The second-order valence-electron chi connectivity index (χ2n) is 10.0. The number of nitrogens with one attached hydrogen (secondary N) is 1. The first-order chi connectivity index (χ1) is 15.2. The molecule has 0 radical (unpaired) electrons. The van der Waals surface area contributed by atoms with Gasteiger partial charge < -0.3 is 19.0 Å². The molecule has 2 heterocycles. The summed E-state index contributed by atoms with van der Waals surface area (Å²) in [6, 6.07) is -0.525. The van der Waals surface area contributed by atoms with Crippen LogP contribution in [0.5, 0.6) is 0 Å². The Morgan fingerprint density at radius 3 is 2.45 bits per heavy atom. The van der Waals surface area contributed by atoms with Crippen molar-refractivity contribution in [3.63, 3.8) is 0 Å². The Morgan fingerprint density at radius 1 is 1.21 bits per heavy atom. The van der Waals surface area contributed by atoms with E-state index in [1.165, 1.54) is 10.8 Å². The molecular formula is C24H38N2O6Si. The summed E-state index contributed by atoms with van der Waals surface area (Å²) < 4.78 is 19.5. The molecule has 4 atom stereocenters. The molecule has 0 aliphatic carbocycles. The highest BCUT2D eigenvalue weighted by atomic mass is 28.4. The molecule has 0 saturated carbocycles. The van der Waals surface area contributed by atoms with Crippen LogP contribution in [-0.4, -0.2) is 54.2 Å². The Balaban J connectivity index is 2.45. The number of ether oxygens (including phenoxy) is 2. The van der Waals surface area contributed by atoms with Gasteiger partial charge in [-0.05, 0) is 44.5 Å². The van der Waals surface area contributed by atoms with E-state index in [4.69, 9.17) is 13.9 Å². The van der Waals surface area contributed by atoms with Gasteiger partial charge in [-0.15, -0.1) is 0 Å². The average Bonchev–Trinajstić information content (AvgIpc) is 2.71. The minimum absolute atomic E-state index is 0.0140. The van der Waals surface area contributed by atoms with E-state index in [0.29, 0.717) is 13.0 Å². The highest BCUT2D eigenvalue weighted by Crippen LogP contribution is 2.37. The molecule has 0 spiro atoms. The van der Waals surface area contributed by atoms with E-state index in [0.717, 1.165) is 0 Å². The van der Waals surface area contributed by atoms with Gasteiger partial charge in [-0.1, -0.05) is 45.6 Å². The van der Waals surface area contributed by atoms with Gasteiger partial charge in [-0.25, -0.2) is 4.79 Å². The zero-order chi connectivity index (χ0) is 25.0. The van der Waals surface area contributed by atoms with E-state index in [1.807, 2.05) is 13.0 Å². The highest BCUT2D eigenvalue weighted by Gasteiger charge is 2.39. The Bertz CT molecular complexity index is 1020. The van der Waals surface area contributed by atoms with E-state index in [-0.39, 0.29) is 17.2 Å². The third-order valence-corrected chi connectivity index (χ3v) is 10.8. The number of rotatable bonds is 7. The zero-order valence-electron chi connectivity index (χ0n) is 21.0. The predicted molar refractivity (Wildman–Crippen MR) is 131 cm³/mol. The summed E-state index contributed by atoms with van der Waals surface area (Å²) in [5, 5.41) is 10.2. The summed E-state index contributed by atoms with van der Waals surface area (Å²) in [5.41, 5.74) is -2.31. The van der Waals surface area contributed by atoms with Crippen molar-refractivity contribution in [1.29, 1.82) is 0 Å². The third kappa shape index (κ3) is 7.01. The number of aromatic nitrogens is 2. The molecule has 184 valence electrons. The molecule has 0 unspecified atom stereocenters. The molecule has 0 bridgehead atoms. The molecule has 0 fully saturated rings. The molecule has 1 aromatic heterocycles. The van der Waals surface area contributed by atoms with Gasteiger partial charge in [0.25, 0.3) is 5.56 Å². The Labute approximate surface area is 197 Å². The third-order valence-electron chi connectivity index (χ3n) is 6.34. The predicted octanol–water partition coefficient (Wildman–Crippen LogP) is 2.93. The largest absolute Gasteiger partial charge is 0.414 e. The van der Waals surface area contributed by atoms with Crippen LogP contribution in [0.4, 0.5) is 0 Å². The maximum atomic E-state index is 12.7. The van der Waals surface area contributed by atoms with Gasteiger partial charge in [0.2, 0.25) is 0 Å². The van der Waals surface area contributed by atoms with Crippen LogP contribution in [0.1, 0.15) is 59.6 Å². The van der Waals surface area contributed by atoms with Gasteiger partial charge in [-0.3, -0.25) is 14.3 Å². The second-order valence-corrected chi connectivity index (χ2v) is 14.8. The second kappa shape index (κ2) is 10.5. The van der Waals surface area contributed by atoms with Crippen molar-refractivity contribution < 1.29 is 19.0 Å². The van der Waals surface area contributed by atoms with Gasteiger partial charge in [0, 0.05) is 12.8 Å². The molecule has 1 aromatic rings. The van der Waals surface area contributed by atoms with Gasteiger partial charge in [0.1, 0.15) is 17.3 Å². The quantitative estimate of drug-likeness (QED) is 0.355. The Morgan fingerprint density at radius 2 is 1.88 bits per heavy atom. The minimum atomic E-state index is -2.07. The van der Waals surface area contributed by atoms with E-state index >= 15 is 0 Å². The van der Waals surface area contributed by atoms with Crippen molar-refractivity contribution in [2.45, 2.75) is 90.1 Å². The van der Waals surface area contributed by atoms with Crippen LogP contribution in [0, 0.1) is 11.8 Å². The summed E-state index contributed by atoms with van der Waals surface area (Å²) in [6.07, 6.45) is 4.35. The summed E-state index contributed by atoms with van der Waals surface area (Å²) in [7, 11) is -2.07. The number of aliphatic hydroxyl groups is 1. The SMILES string of the molecule is CCO[C@@H]1C=C[C@H](n2cc(C#C[C@](C)(O)CC)c(=O)[nH]c2=O)[C@@H](CO[Si](C)(C)C(C)(C)C)O1. The molecular weight excluding hydrogens is 440 g/mol. The number of nitrogens with zero attached hydrogens (tertiary/aromatic N) is 1. The summed E-state index contributed by atoms with van der Waals surface area (Å²) in [4.78, 5) is 27.4. The lowest BCUT2D eigenvalue weighted by molar-refractivity contribution is -0.163. The van der Waals surface area contributed by atoms with Crippen LogP contribution in [0.25, 0.3) is 0 Å². The fourth-order valence-corrected chi connectivity index (χ4v) is 3.90. The van der Waals surface area contributed by atoms with Crippen LogP contribution < -0.4 is 11.2 Å². The normalized spacial score (nSPS) is 23.0. The maximum Gasteiger partial charge on any atom is 0.329 e. The maximum absolute atomic E-state index is 12.7. The van der Waals surface area contributed by atoms with Crippen LogP contribution in [-0.2, 0) is 13.9 Å². The van der Waals surface area contributed by atoms with Gasteiger partial charge in [0.05, 0.1) is 12.6 Å². The standard InChI is InChI=1S/C24H38N2O6Si/c1-9-24(6,29)14-13-17-15-26(22(28)25-21(17)27)18-11-12-20(30-10-2)32-19(18)16-31-33(7,8)23(3,4)5/h11-12,15,18-20,29H,9-10,16H2,1-8H3,(H,25,27,28)/t18-,19+,20-,24+/m0/s1. The lowest BCUT2D eigenvalue weighted by atomic mass is 10.0. The van der Waals surface area contributed by atoms with Crippen molar-refractivity contribution in [2.75, 3.05) is 13.2 Å². The lowest BCUT2D eigenvalue weighted by Crippen LogP contribution is -2.47. The molecule has 0 saturated heterocycles. The first-order valence-corrected chi connectivity index (χ1v) is 14.3. The van der Waals surface area contributed by atoms with E-state index in [9.17, 15) is 14.7 Å². The van der Waals surface area contributed by atoms with Crippen LogP contribution in [0.2, 0.25) is 18.1 Å². The fraction of sp³-hybridized carbons (Fsp3) is 0.667. The monoisotopic (exact) mass is 478 g/mol. The van der Waals surface area contributed by atoms with Crippen LogP contribution in [0.15, 0.2) is 27.9 Å². The molecule has 2 rings (SSSR count). The van der Waals surface area contributed by atoms with Crippen molar-refractivity contribution in [2.24, 2.45) is 0 Å². The van der Waals surface area contributed by atoms with Gasteiger partial charge in [-0.2, -0.15) is 0 Å². The first-order valence-electron chi connectivity index (χ1n) is 11.4. The number of aromatic amines is 1. The Kier molecular flexibility index (Phi) is 8.71. The van der Waals surface area contributed by atoms with E-state index in [2.05, 4.69) is 50.7 Å². The molecule has 1 aliphatic heterocycles. The highest BCUT2D eigenvalue weighted by molar-refractivity contribution is 6.74. The molecule has 1 aliphatic rings. The van der Waals surface area contributed by atoms with Crippen molar-refractivity contribution >= 4 is 8.32 Å². The summed E-state index contributed by atoms with van der Waals surface area (Å²) in [5.74, 6) is 5.41. The molecule has 0 aromatic carbocycles. The van der Waals surface area contributed by atoms with Crippen LogP contribution in [0.3, 0.4) is 0 Å². The van der Waals surface area contributed by atoms with Crippen molar-refractivity contribution in [3.8, 4) is 11.8 Å². The number of hydrogen-bond donors (Lipinski definition) is 2. The molecule has 0 amide bonds. The lowest BCUT2D eigenvalue weighted by Gasteiger charge is -2.39. The first kappa shape index (κ1) is 27.3. The zero-order valence-corrected chi connectivity index (χ0v) is 22.0. The van der Waals surface area contributed by atoms with Gasteiger partial charge >= 0.3 is 5.69 Å². The molecule has 8 nitrogen and oxygen atoms in total. The minimum Gasteiger partial charge on any atom is -0.414 e. The smallest absolute Gasteiger partial charge is 0.329 e. The number of hydrogen-bond acceptors (Lipinski definition) is 6. The summed E-state index contributed by atoms with van der Waals surface area (Å²) >= 11 is 0. The topological polar surface area (TPSA) is 103 Å².